The summed E-state index contributed by atoms with van der Waals surface area (Å²) < 4.78 is 0. The molecule has 0 radical (unpaired) electrons. The van der Waals surface area contributed by atoms with Gasteiger partial charge in [0.1, 0.15) is 6.07 Å². The second-order valence-electron chi connectivity index (χ2n) is 5.39. The molecule has 4 heteroatoms. The average Bonchev–Trinajstić information content (AvgIpc) is 2.81. The number of hydrogen-bond acceptors (Lipinski definition) is 3. The molecule has 4 nitrogen and oxygen atoms in total. The summed E-state index contributed by atoms with van der Waals surface area (Å²) in [6, 6.07) is 8.36. The molecule has 0 spiro atoms. The number of nitriles is 1. The van der Waals surface area contributed by atoms with E-state index in [9.17, 15) is 10.1 Å². The fourth-order valence-electron chi connectivity index (χ4n) is 3.22. The highest BCUT2D eigenvalue weighted by Crippen LogP contribution is 2.33. The molecule has 0 bridgehead atoms. The van der Waals surface area contributed by atoms with Crippen LogP contribution in [0.1, 0.15) is 24.0 Å². The number of benzene rings is 1. The maximum absolute atomic E-state index is 11.8. The highest BCUT2D eigenvalue weighted by molar-refractivity contribution is 5.83. The summed E-state index contributed by atoms with van der Waals surface area (Å²) >= 11 is 0. The molecule has 19 heavy (non-hydrogen) atoms. The Morgan fingerprint density at radius 2 is 2.32 bits per heavy atom. The number of nitrogens with zero attached hydrogens (tertiary/aromatic N) is 2. The second kappa shape index (κ2) is 4.58. The van der Waals surface area contributed by atoms with Gasteiger partial charge in [-0.25, -0.2) is 0 Å². The van der Waals surface area contributed by atoms with Crippen molar-refractivity contribution in [2.75, 3.05) is 18.0 Å². The molecule has 1 N–H and O–H groups in total. The molecule has 0 saturated carbocycles. The van der Waals surface area contributed by atoms with Crippen LogP contribution in [-0.2, 0) is 4.79 Å². The van der Waals surface area contributed by atoms with Gasteiger partial charge in [-0.15, -0.1) is 0 Å². The first-order valence-corrected chi connectivity index (χ1v) is 6.76. The van der Waals surface area contributed by atoms with Crippen molar-refractivity contribution in [3.8, 4) is 6.07 Å². The second-order valence-corrected chi connectivity index (χ2v) is 5.39. The molecule has 2 atom stereocenters. The Balaban J connectivity index is 2.00. The minimum absolute atomic E-state index is 0.0841. The van der Waals surface area contributed by atoms with Gasteiger partial charge in [0.2, 0.25) is 5.91 Å². The number of rotatable bonds is 1. The Morgan fingerprint density at radius 1 is 1.47 bits per heavy atom. The lowest BCUT2D eigenvalue weighted by atomic mass is 9.90. The molecule has 2 heterocycles. The van der Waals surface area contributed by atoms with Crippen LogP contribution >= 0.6 is 0 Å². The third-order valence-corrected chi connectivity index (χ3v) is 4.18. The lowest BCUT2D eigenvalue weighted by molar-refractivity contribution is -0.122. The number of aryl methyl sites for hydroxylation is 1. The fourth-order valence-corrected chi connectivity index (χ4v) is 3.22. The Labute approximate surface area is 113 Å². The van der Waals surface area contributed by atoms with Crippen molar-refractivity contribution in [1.29, 1.82) is 5.26 Å². The van der Waals surface area contributed by atoms with Crippen LogP contribution in [0.25, 0.3) is 0 Å². The van der Waals surface area contributed by atoms with E-state index in [1.807, 2.05) is 19.1 Å². The summed E-state index contributed by atoms with van der Waals surface area (Å²) in [7, 11) is 0. The van der Waals surface area contributed by atoms with E-state index in [1.165, 1.54) is 0 Å². The number of anilines is 1. The first-order chi connectivity index (χ1) is 9.20. The molecule has 3 rings (SSSR count). The SMILES string of the molecule is Cc1ccc(C#N)c(N2CCCC3C(=O)NCC32)c1. The van der Waals surface area contributed by atoms with Crippen molar-refractivity contribution in [3.63, 3.8) is 0 Å². The summed E-state index contributed by atoms with van der Waals surface area (Å²) in [5, 5.41) is 12.2. The topological polar surface area (TPSA) is 56.1 Å². The average molecular weight is 255 g/mol. The Bertz CT molecular complexity index is 561. The summed E-state index contributed by atoms with van der Waals surface area (Å²) in [4.78, 5) is 14.1. The Kier molecular flexibility index (Phi) is 2.90. The number of carbonyl (C=O) groups excluding carboxylic acids is 1. The third kappa shape index (κ3) is 1.95. The maximum Gasteiger partial charge on any atom is 0.225 e. The largest absolute Gasteiger partial charge is 0.365 e. The Morgan fingerprint density at radius 3 is 3.11 bits per heavy atom. The number of piperidine rings is 1. The van der Waals surface area contributed by atoms with Gasteiger partial charge >= 0.3 is 0 Å². The van der Waals surface area contributed by atoms with Crippen LogP contribution in [0.3, 0.4) is 0 Å². The molecular formula is C15H17N3O. The smallest absolute Gasteiger partial charge is 0.225 e. The standard InChI is InChI=1S/C15H17N3O/c1-10-4-5-11(8-16)13(7-10)18-6-2-3-12-14(18)9-17-15(12)19/h4-5,7,12,14H,2-3,6,9H2,1H3,(H,17,19). The highest BCUT2D eigenvalue weighted by atomic mass is 16.2. The van der Waals surface area contributed by atoms with Crippen LogP contribution in [0.5, 0.6) is 0 Å². The summed E-state index contributed by atoms with van der Waals surface area (Å²) in [6.45, 7) is 3.65. The molecule has 0 aliphatic carbocycles. The van der Waals surface area contributed by atoms with Crippen molar-refractivity contribution >= 4 is 11.6 Å². The Hall–Kier alpha value is -2.02. The van der Waals surface area contributed by atoms with E-state index in [0.29, 0.717) is 12.1 Å². The molecule has 2 aliphatic heterocycles. The summed E-state index contributed by atoms with van der Waals surface area (Å²) in [5.74, 6) is 0.252. The normalized spacial score (nSPS) is 25.7. The van der Waals surface area contributed by atoms with Gasteiger partial charge in [-0.3, -0.25) is 4.79 Å². The first-order valence-electron chi connectivity index (χ1n) is 6.76. The molecule has 1 aromatic carbocycles. The quantitative estimate of drug-likeness (QED) is 0.829. The lowest BCUT2D eigenvalue weighted by Gasteiger charge is -2.38. The molecular weight excluding hydrogens is 238 g/mol. The van der Waals surface area contributed by atoms with Crippen LogP contribution in [0.15, 0.2) is 18.2 Å². The zero-order valence-electron chi connectivity index (χ0n) is 11.0. The highest BCUT2D eigenvalue weighted by Gasteiger charge is 2.41. The van der Waals surface area contributed by atoms with Crippen molar-refractivity contribution in [3.05, 3.63) is 29.3 Å². The number of nitrogens with one attached hydrogen (secondary N) is 1. The van der Waals surface area contributed by atoms with Crippen molar-refractivity contribution in [2.45, 2.75) is 25.8 Å². The van der Waals surface area contributed by atoms with Gasteiger partial charge in [0, 0.05) is 13.1 Å². The van der Waals surface area contributed by atoms with E-state index in [-0.39, 0.29) is 17.9 Å². The van der Waals surface area contributed by atoms with E-state index < -0.39 is 0 Å². The van der Waals surface area contributed by atoms with Gasteiger partial charge in [0.25, 0.3) is 0 Å². The first kappa shape index (κ1) is 12.0. The molecule has 0 aromatic heterocycles. The van der Waals surface area contributed by atoms with Gasteiger partial charge in [0.15, 0.2) is 0 Å². The van der Waals surface area contributed by atoms with Gasteiger partial charge in [-0.05, 0) is 37.5 Å². The molecule has 2 unspecified atom stereocenters. The van der Waals surface area contributed by atoms with Crippen LogP contribution < -0.4 is 10.2 Å². The van der Waals surface area contributed by atoms with E-state index in [1.54, 1.807) is 0 Å². The van der Waals surface area contributed by atoms with Crippen LogP contribution in [0.4, 0.5) is 5.69 Å². The molecule has 2 fully saturated rings. The number of amides is 1. The van der Waals surface area contributed by atoms with Gasteiger partial charge in [-0.2, -0.15) is 5.26 Å². The summed E-state index contributed by atoms with van der Waals surface area (Å²) in [5.41, 5.74) is 2.83. The van der Waals surface area contributed by atoms with Gasteiger partial charge in [0.05, 0.1) is 23.2 Å². The molecule has 2 aliphatic rings. The molecule has 2 saturated heterocycles. The lowest BCUT2D eigenvalue weighted by Crippen LogP contribution is -2.46. The van der Waals surface area contributed by atoms with Gasteiger partial charge < -0.3 is 10.2 Å². The van der Waals surface area contributed by atoms with E-state index in [4.69, 9.17) is 0 Å². The van der Waals surface area contributed by atoms with Crippen molar-refractivity contribution in [2.24, 2.45) is 5.92 Å². The molecule has 1 amide bonds. The fraction of sp³-hybridized carbons (Fsp3) is 0.467. The predicted molar refractivity (Wildman–Crippen MR) is 72.8 cm³/mol. The molecule has 1 aromatic rings. The van der Waals surface area contributed by atoms with E-state index in [2.05, 4.69) is 22.4 Å². The van der Waals surface area contributed by atoms with Crippen LogP contribution in [0, 0.1) is 24.2 Å². The maximum atomic E-state index is 11.8. The van der Waals surface area contributed by atoms with Gasteiger partial charge in [-0.1, -0.05) is 6.07 Å². The minimum atomic E-state index is 0.0841. The summed E-state index contributed by atoms with van der Waals surface area (Å²) in [6.07, 6.45) is 1.97. The van der Waals surface area contributed by atoms with Crippen molar-refractivity contribution in [1.82, 2.24) is 5.32 Å². The number of carbonyl (C=O) groups is 1. The predicted octanol–water partition coefficient (Wildman–Crippen LogP) is 1.58. The number of hydrogen-bond donors (Lipinski definition) is 1. The third-order valence-electron chi connectivity index (χ3n) is 4.18. The van der Waals surface area contributed by atoms with E-state index in [0.717, 1.165) is 30.6 Å². The van der Waals surface area contributed by atoms with Crippen LogP contribution in [0.2, 0.25) is 0 Å². The van der Waals surface area contributed by atoms with E-state index >= 15 is 0 Å². The molecule has 98 valence electrons. The number of fused-ring (bicyclic) bond motifs is 1. The zero-order chi connectivity index (χ0) is 13.4. The van der Waals surface area contributed by atoms with Crippen molar-refractivity contribution < 1.29 is 4.79 Å². The minimum Gasteiger partial charge on any atom is -0.365 e. The van der Waals surface area contributed by atoms with Crippen LogP contribution in [-0.4, -0.2) is 25.0 Å². The monoisotopic (exact) mass is 255 g/mol. The zero-order valence-corrected chi connectivity index (χ0v) is 11.0.